The molecule has 0 aromatic heterocycles. The van der Waals surface area contributed by atoms with Gasteiger partial charge in [0.05, 0.1) is 25.3 Å². The zero-order valence-electron chi connectivity index (χ0n) is 12.0. The second-order valence-corrected chi connectivity index (χ2v) is 4.20. The number of benzene rings is 1. The van der Waals surface area contributed by atoms with Gasteiger partial charge in [0, 0.05) is 18.1 Å². The van der Waals surface area contributed by atoms with Gasteiger partial charge in [0.1, 0.15) is 0 Å². The number of rotatable bonds is 6. The molecule has 1 N–H and O–H groups in total. The third kappa shape index (κ3) is 4.89. The van der Waals surface area contributed by atoms with Crippen LogP contribution in [0, 0.1) is 0 Å². The lowest BCUT2D eigenvalue weighted by Crippen LogP contribution is -2.24. The Kier molecular flexibility index (Phi) is 6.06. The van der Waals surface area contributed by atoms with E-state index in [4.69, 9.17) is 0 Å². The summed E-state index contributed by atoms with van der Waals surface area (Å²) in [6.07, 6.45) is -0.731. The minimum atomic E-state index is -1.35. The van der Waals surface area contributed by atoms with Crippen molar-refractivity contribution in [1.29, 1.82) is 0 Å². The Morgan fingerprint density at radius 3 is 1.86 bits per heavy atom. The second-order valence-electron chi connectivity index (χ2n) is 4.20. The largest absolute Gasteiger partial charge is 0.550 e. The molecule has 0 saturated heterocycles. The summed E-state index contributed by atoms with van der Waals surface area (Å²) in [6, 6.07) is 3.86. The van der Waals surface area contributed by atoms with Crippen LogP contribution in [0.1, 0.15) is 33.6 Å². The molecule has 1 aromatic rings. The van der Waals surface area contributed by atoms with E-state index in [0.29, 0.717) is 0 Å². The Bertz CT molecular complexity index is 575. The number of nitrogens with one attached hydrogen (secondary N) is 1. The number of aliphatic carboxylic acids is 1. The average molecular weight is 308 g/mol. The molecule has 0 radical (unpaired) electrons. The predicted octanol–water partition coefficient (Wildman–Crippen LogP) is -0.272. The summed E-state index contributed by atoms with van der Waals surface area (Å²) in [5, 5.41) is 12.7. The van der Waals surface area contributed by atoms with Gasteiger partial charge in [0.2, 0.25) is 5.91 Å². The molecule has 0 spiro atoms. The third-order valence-corrected chi connectivity index (χ3v) is 2.62. The first kappa shape index (κ1) is 17.2. The van der Waals surface area contributed by atoms with Crippen LogP contribution in [-0.4, -0.2) is 38.0 Å². The SMILES string of the molecule is COC(=O)c1cc(NC(=O)CCC(=O)[O-])cc(C(=O)OC)c1. The first-order valence-electron chi connectivity index (χ1n) is 6.18. The van der Waals surface area contributed by atoms with E-state index in [9.17, 15) is 24.3 Å². The fourth-order valence-electron chi connectivity index (χ4n) is 1.61. The Labute approximate surface area is 126 Å². The van der Waals surface area contributed by atoms with E-state index in [-0.39, 0.29) is 23.2 Å². The predicted molar refractivity (Wildman–Crippen MR) is 72.0 cm³/mol. The number of carboxylic acids is 1. The average Bonchev–Trinajstić information content (AvgIpc) is 2.50. The molecular weight excluding hydrogens is 294 g/mol. The number of methoxy groups -OCH3 is 2. The number of carbonyl (C=O) groups excluding carboxylic acids is 4. The summed E-state index contributed by atoms with van der Waals surface area (Å²) in [5.41, 5.74) is 0.229. The minimum absolute atomic E-state index is 0.0422. The molecule has 0 saturated carbocycles. The smallest absolute Gasteiger partial charge is 0.337 e. The molecule has 0 aliphatic heterocycles. The lowest BCUT2D eigenvalue weighted by molar-refractivity contribution is -0.305. The summed E-state index contributed by atoms with van der Waals surface area (Å²) >= 11 is 0. The summed E-state index contributed by atoms with van der Waals surface area (Å²) in [4.78, 5) is 45.0. The molecule has 0 unspecified atom stereocenters. The number of carbonyl (C=O) groups is 4. The van der Waals surface area contributed by atoms with Crippen molar-refractivity contribution in [1.82, 2.24) is 0 Å². The van der Waals surface area contributed by atoms with Gasteiger partial charge < -0.3 is 24.7 Å². The molecule has 1 aromatic carbocycles. The number of ether oxygens (including phenoxy) is 2. The number of anilines is 1. The van der Waals surface area contributed by atoms with Gasteiger partial charge in [0.25, 0.3) is 0 Å². The maximum atomic E-state index is 11.6. The summed E-state index contributed by atoms with van der Waals surface area (Å²) in [7, 11) is 2.34. The Hall–Kier alpha value is -2.90. The lowest BCUT2D eigenvalue weighted by Gasteiger charge is -2.09. The van der Waals surface area contributed by atoms with Crippen LogP contribution in [0.3, 0.4) is 0 Å². The Morgan fingerprint density at radius 1 is 0.955 bits per heavy atom. The monoisotopic (exact) mass is 308 g/mol. The van der Waals surface area contributed by atoms with Crippen molar-refractivity contribution in [2.45, 2.75) is 12.8 Å². The van der Waals surface area contributed by atoms with Crippen molar-refractivity contribution >= 4 is 29.5 Å². The van der Waals surface area contributed by atoms with E-state index in [1.54, 1.807) is 0 Å². The van der Waals surface area contributed by atoms with Gasteiger partial charge in [-0.2, -0.15) is 0 Å². The van der Waals surface area contributed by atoms with Crippen LogP contribution in [0.5, 0.6) is 0 Å². The van der Waals surface area contributed by atoms with E-state index in [1.807, 2.05) is 0 Å². The van der Waals surface area contributed by atoms with Gasteiger partial charge in [-0.1, -0.05) is 0 Å². The van der Waals surface area contributed by atoms with Crippen LogP contribution in [0.25, 0.3) is 0 Å². The van der Waals surface area contributed by atoms with E-state index in [1.165, 1.54) is 32.4 Å². The van der Waals surface area contributed by atoms with Crippen molar-refractivity contribution in [2.24, 2.45) is 0 Å². The highest BCUT2D eigenvalue weighted by molar-refractivity contribution is 5.99. The molecule has 8 nitrogen and oxygen atoms in total. The van der Waals surface area contributed by atoms with Crippen molar-refractivity contribution < 1.29 is 33.8 Å². The van der Waals surface area contributed by atoms with Gasteiger partial charge in [0.15, 0.2) is 0 Å². The molecule has 0 aliphatic rings. The zero-order valence-corrected chi connectivity index (χ0v) is 12.0. The molecule has 0 aliphatic carbocycles. The number of hydrogen-bond acceptors (Lipinski definition) is 7. The molecular formula is C14H14NO7-. The number of carboxylic acid groups (broad SMARTS) is 1. The molecule has 0 bridgehead atoms. The lowest BCUT2D eigenvalue weighted by atomic mass is 10.1. The van der Waals surface area contributed by atoms with Gasteiger partial charge in [-0.05, 0) is 24.6 Å². The minimum Gasteiger partial charge on any atom is -0.550 e. The standard InChI is InChI=1S/C14H15NO7/c1-21-13(19)8-5-9(14(20)22-2)7-10(6-8)15-11(16)3-4-12(17)18/h5-7H,3-4H2,1-2H3,(H,15,16)(H,17,18)/p-1. The quantitative estimate of drug-likeness (QED) is 0.718. The number of esters is 2. The first-order chi connectivity index (χ1) is 10.4. The van der Waals surface area contributed by atoms with Crippen molar-refractivity contribution in [2.75, 3.05) is 19.5 Å². The van der Waals surface area contributed by atoms with Crippen LogP contribution < -0.4 is 10.4 Å². The second kappa shape index (κ2) is 7.77. The molecule has 8 heteroatoms. The Morgan fingerprint density at radius 2 is 1.45 bits per heavy atom. The normalized spacial score (nSPS) is 9.73. The molecule has 0 atom stereocenters. The maximum absolute atomic E-state index is 11.6. The van der Waals surface area contributed by atoms with E-state index < -0.39 is 30.2 Å². The number of hydrogen-bond donors (Lipinski definition) is 1. The zero-order chi connectivity index (χ0) is 16.7. The van der Waals surface area contributed by atoms with Gasteiger partial charge in [-0.15, -0.1) is 0 Å². The highest BCUT2D eigenvalue weighted by Gasteiger charge is 2.14. The maximum Gasteiger partial charge on any atom is 0.337 e. The molecule has 0 fully saturated rings. The van der Waals surface area contributed by atoms with Crippen LogP contribution in [0.15, 0.2) is 18.2 Å². The third-order valence-electron chi connectivity index (χ3n) is 2.62. The van der Waals surface area contributed by atoms with Crippen LogP contribution in [-0.2, 0) is 19.1 Å². The topological polar surface area (TPSA) is 122 Å². The highest BCUT2D eigenvalue weighted by atomic mass is 16.5. The van der Waals surface area contributed by atoms with Crippen LogP contribution in [0.4, 0.5) is 5.69 Å². The van der Waals surface area contributed by atoms with E-state index in [2.05, 4.69) is 14.8 Å². The fourth-order valence-corrected chi connectivity index (χ4v) is 1.61. The highest BCUT2D eigenvalue weighted by Crippen LogP contribution is 2.17. The van der Waals surface area contributed by atoms with Crippen LogP contribution >= 0.6 is 0 Å². The molecule has 22 heavy (non-hydrogen) atoms. The van der Waals surface area contributed by atoms with Gasteiger partial charge >= 0.3 is 11.9 Å². The summed E-state index contributed by atoms with van der Waals surface area (Å²) in [5.74, 6) is -3.34. The summed E-state index contributed by atoms with van der Waals surface area (Å²) in [6.45, 7) is 0. The van der Waals surface area contributed by atoms with Gasteiger partial charge in [-0.25, -0.2) is 9.59 Å². The summed E-state index contributed by atoms with van der Waals surface area (Å²) < 4.78 is 9.11. The van der Waals surface area contributed by atoms with Crippen molar-refractivity contribution in [3.8, 4) is 0 Å². The van der Waals surface area contributed by atoms with Gasteiger partial charge in [-0.3, -0.25) is 4.79 Å². The number of amides is 1. The van der Waals surface area contributed by atoms with E-state index in [0.717, 1.165) is 0 Å². The molecule has 0 heterocycles. The molecule has 1 amide bonds. The molecule has 1 rings (SSSR count). The molecule has 118 valence electrons. The van der Waals surface area contributed by atoms with Crippen molar-refractivity contribution in [3.05, 3.63) is 29.3 Å². The first-order valence-corrected chi connectivity index (χ1v) is 6.18. The van der Waals surface area contributed by atoms with Crippen molar-refractivity contribution in [3.63, 3.8) is 0 Å². The van der Waals surface area contributed by atoms with Crippen LogP contribution in [0.2, 0.25) is 0 Å². The fraction of sp³-hybridized carbons (Fsp3) is 0.286. The Balaban J connectivity index is 3.02. The van der Waals surface area contributed by atoms with E-state index >= 15 is 0 Å².